The summed E-state index contributed by atoms with van der Waals surface area (Å²) in [6.07, 6.45) is 5.41. The van der Waals surface area contributed by atoms with Crippen LogP contribution >= 0.6 is 24.0 Å². The summed E-state index contributed by atoms with van der Waals surface area (Å²) in [5, 5.41) is 15.3. The van der Waals surface area contributed by atoms with Gasteiger partial charge in [0.2, 0.25) is 0 Å². The normalized spacial score (nSPS) is 26.7. The van der Waals surface area contributed by atoms with Crippen LogP contribution in [0.15, 0.2) is 0 Å². The standard InChI is InChI=1S/C13H22N3O2S2/c1-13(2)10(20-12(19)15(13)3)16(18)11(17)14-9-7-5-4-6-8-9/h9-10H,4-8H2,1-3H3,(H,14,17)/q-1/t10-/m0/s1. The molecule has 2 fully saturated rings. The third-order valence-electron chi connectivity index (χ3n) is 4.30. The van der Waals surface area contributed by atoms with Gasteiger partial charge in [-0.3, -0.25) is 0 Å². The zero-order chi connectivity index (χ0) is 14.9. The Morgan fingerprint density at radius 1 is 1.45 bits per heavy atom. The number of hydroxylamine groups is 2. The molecule has 2 amide bonds. The van der Waals surface area contributed by atoms with Crippen molar-refractivity contribution in [3.63, 3.8) is 0 Å². The average Bonchev–Trinajstić information content (AvgIpc) is 2.62. The third kappa shape index (κ3) is 3.04. The van der Waals surface area contributed by atoms with Crippen LogP contribution in [-0.2, 0) is 0 Å². The van der Waals surface area contributed by atoms with Crippen molar-refractivity contribution >= 4 is 34.3 Å². The van der Waals surface area contributed by atoms with Crippen LogP contribution in [0.1, 0.15) is 46.0 Å². The Hall–Kier alpha value is -0.530. The Morgan fingerprint density at radius 3 is 2.55 bits per heavy atom. The topological polar surface area (TPSA) is 58.6 Å². The molecule has 2 rings (SSSR count). The quantitative estimate of drug-likeness (QED) is 0.627. The van der Waals surface area contributed by atoms with E-state index in [9.17, 15) is 10.0 Å². The van der Waals surface area contributed by atoms with E-state index < -0.39 is 16.9 Å². The van der Waals surface area contributed by atoms with Gasteiger partial charge in [-0.15, -0.1) is 0 Å². The second-order valence-electron chi connectivity index (χ2n) is 6.06. The monoisotopic (exact) mass is 316 g/mol. The van der Waals surface area contributed by atoms with Crippen molar-refractivity contribution in [1.82, 2.24) is 15.3 Å². The maximum absolute atomic E-state index is 12.3. The van der Waals surface area contributed by atoms with Crippen LogP contribution in [0.5, 0.6) is 0 Å². The van der Waals surface area contributed by atoms with Gasteiger partial charge < -0.3 is 20.5 Å². The number of nitrogens with one attached hydrogen (secondary N) is 1. The van der Waals surface area contributed by atoms with Crippen LogP contribution in [0.3, 0.4) is 0 Å². The molecule has 1 saturated heterocycles. The summed E-state index contributed by atoms with van der Waals surface area (Å²) >= 11 is 6.52. The highest BCUT2D eigenvalue weighted by Crippen LogP contribution is 2.40. The van der Waals surface area contributed by atoms with Crippen molar-refractivity contribution in [3.8, 4) is 0 Å². The average molecular weight is 316 g/mol. The summed E-state index contributed by atoms with van der Waals surface area (Å²) in [4.78, 5) is 14.0. The number of urea groups is 1. The summed E-state index contributed by atoms with van der Waals surface area (Å²) < 4.78 is 0.659. The van der Waals surface area contributed by atoms with Crippen molar-refractivity contribution in [1.29, 1.82) is 0 Å². The van der Waals surface area contributed by atoms with Gasteiger partial charge in [-0.1, -0.05) is 43.2 Å². The van der Waals surface area contributed by atoms with Crippen LogP contribution in [0, 0.1) is 5.21 Å². The highest BCUT2D eigenvalue weighted by molar-refractivity contribution is 8.23. The molecule has 1 N–H and O–H groups in total. The molecule has 1 saturated carbocycles. The van der Waals surface area contributed by atoms with Gasteiger partial charge >= 0.3 is 6.03 Å². The van der Waals surface area contributed by atoms with Crippen molar-refractivity contribution in [2.45, 2.75) is 62.9 Å². The van der Waals surface area contributed by atoms with Crippen LogP contribution in [0.4, 0.5) is 4.79 Å². The molecule has 0 aromatic rings. The molecule has 1 heterocycles. The number of nitrogens with zero attached hydrogens (tertiary/aromatic N) is 2. The molecule has 0 radical (unpaired) electrons. The van der Waals surface area contributed by atoms with Crippen LogP contribution < -0.4 is 5.32 Å². The molecule has 7 heteroatoms. The van der Waals surface area contributed by atoms with Crippen molar-refractivity contribution in [2.75, 3.05) is 7.05 Å². The largest absolute Gasteiger partial charge is 0.754 e. The molecule has 2 aliphatic rings. The third-order valence-corrected chi connectivity index (χ3v) is 6.33. The predicted octanol–water partition coefficient (Wildman–Crippen LogP) is 2.90. The maximum atomic E-state index is 12.3. The molecular formula is C13H22N3O2S2-. The number of hydrogen-bond acceptors (Lipinski definition) is 4. The number of carbonyl (C=O) groups is 1. The lowest BCUT2D eigenvalue weighted by atomic mass is 9.96. The molecule has 1 aliphatic carbocycles. The Bertz CT molecular complexity index is 397. The lowest BCUT2D eigenvalue weighted by Crippen LogP contribution is -2.54. The number of thiocarbonyl (C=S) groups is 1. The minimum absolute atomic E-state index is 0.145. The maximum Gasteiger partial charge on any atom is 0.307 e. The van der Waals surface area contributed by atoms with E-state index in [4.69, 9.17) is 12.2 Å². The molecule has 1 atom stereocenters. The van der Waals surface area contributed by atoms with E-state index in [1.54, 1.807) is 0 Å². The van der Waals surface area contributed by atoms with Crippen molar-refractivity contribution in [3.05, 3.63) is 5.21 Å². The summed E-state index contributed by atoms with van der Waals surface area (Å²) in [6, 6.07) is -0.382. The van der Waals surface area contributed by atoms with Gasteiger partial charge in [0, 0.05) is 13.1 Å². The lowest BCUT2D eigenvalue weighted by molar-refractivity contribution is 0.164. The first kappa shape index (κ1) is 15.9. The van der Waals surface area contributed by atoms with Gasteiger partial charge in [0.1, 0.15) is 4.32 Å². The van der Waals surface area contributed by atoms with E-state index >= 15 is 0 Å². The zero-order valence-corrected chi connectivity index (χ0v) is 13.9. The first-order valence-electron chi connectivity index (χ1n) is 7.05. The summed E-state index contributed by atoms with van der Waals surface area (Å²) in [6.45, 7) is 3.87. The number of amides is 2. The number of likely N-dealkylation sites (N-methyl/N-ethyl adjacent to an activating group) is 1. The fourth-order valence-electron chi connectivity index (χ4n) is 2.65. The first-order valence-corrected chi connectivity index (χ1v) is 8.34. The van der Waals surface area contributed by atoms with Gasteiger partial charge in [-0.05, 0) is 26.7 Å². The zero-order valence-electron chi connectivity index (χ0n) is 12.2. The SMILES string of the molecule is CN1C(=S)S[C@H](N([O-])C(=O)NC2CCCCC2)C1(C)C. The first-order chi connectivity index (χ1) is 9.34. The molecule has 114 valence electrons. The smallest absolute Gasteiger partial charge is 0.307 e. The highest BCUT2D eigenvalue weighted by Gasteiger charge is 2.45. The Morgan fingerprint density at radius 2 is 2.05 bits per heavy atom. The number of thioether (sulfide) groups is 1. The fraction of sp³-hybridized carbons (Fsp3) is 0.846. The predicted molar refractivity (Wildman–Crippen MR) is 86.4 cm³/mol. The molecule has 5 nitrogen and oxygen atoms in total. The van der Waals surface area contributed by atoms with E-state index in [0.717, 1.165) is 25.7 Å². The van der Waals surface area contributed by atoms with E-state index in [2.05, 4.69) is 5.32 Å². The van der Waals surface area contributed by atoms with Gasteiger partial charge in [0.15, 0.2) is 0 Å². The second-order valence-corrected chi connectivity index (χ2v) is 7.77. The van der Waals surface area contributed by atoms with Gasteiger partial charge in [-0.25, -0.2) is 4.79 Å². The lowest BCUT2D eigenvalue weighted by Gasteiger charge is -2.43. The number of carbonyl (C=O) groups excluding carboxylic acids is 1. The van der Waals surface area contributed by atoms with E-state index in [-0.39, 0.29) is 6.04 Å². The van der Waals surface area contributed by atoms with Crippen LogP contribution in [-0.4, -0.2) is 44.3 Å². The summed E-state index contributed by atoms with van der Waals surface area (Å²) in [7, 11) is 1.86. The Kier molecular flexibility index (Phi) is 4.81. The molecule has 0 bridgehead atoms. The molecule has 1 aliphatic heterocycles. The molecule has 20 heavy (non-hydrogen) atoms. The van der Waals surface area contributed by atoms with Crippen LogP contribution in [0.25, 0.3) is 0 Å². The highest BCUT2D eigenvalue weighted by atomic mass is 32.2. The van der Waals surface area contributed by atoms with Gasteiger partial charge in [-0.2, -0.15) is 0 Å². The Balaban J connectivity index is 1.98. The molecule has 0 unspecified atom stereocenters. The molecular weight excluding hydrogens is 294 g/mol. The van der Waals surface area contributed by atoms with E-state index in [1.807, 2.05) is 25.8 Å². The minimum atomic E-state index is -0.527. The Labute approximate surface area is 130 Å². The molecule has 0 aromatic heterocycles. The minimum Gasteiger partial charge on any atom is -0.754 e. The van der Waals surface area contributed by atoms with Crippen molar-refractivity contribution < 1.29 is 4.79 Å². The van der Waals surface area contributed by atoms with Crippen molar-refractivity contribution in [2.24, 2.45) is 0 Å². The summed E-state index contributed by atoms with van der Waals surface area (Å²) in [5.74, 6) is 0. The molecule has 0 spiro atoms. The van der Waals surface area contributed by atoms with E-state index in [0.29, 0.717) is 9.38 Å². The fourth-order valence-corrected chi connectivity index (χ4v) is 4.38. The number of rotatable bonds is 2. The van der Waals surface area contributed by atoms with Crippen LogP contribution in [0.2, 0.25) is 0 Å². The van der Waals surface area contributed by atoms with Gasteiger partial charge in [0.25, 0.3) is 0 Å². The summed E-state index contributed by atoms with van der Waals surface area (Å²) in [5.41, 5.74) is -0.451. The van der Waals surface area contributed by atoms with E-state index in [1.165, 1.54) is 18.2 Å². The van der Waals surface area contributed by atoms with Gasteiger partial charge in [0.05, 0.1) is 10.9 Å². The second kappa shape index (κ2) is 6.07. The molecule has 0 aromatic carbocycles. The number of hydrogen-bond donors (Lipinski definition) is 1.